The Kier molecular flexibility index (Phi) is 5.37. The zero-order valence-electron chi connectivity index (χ0n) is 13.4. The summed E-state index contributed by atoms with van der Waals surface area (Å²) in [6.45, 7) is 11.0. The van der Waals surface area contributed by atoms with Gasteiger partial charge in [-0.2, -0.15) is 0 Å². The van der Waals surface area contributed by atoms with E-state index in [1.165, 1.54) is 0 Å². The van der Waals surface area contributed by atoms with Crippen LogP contribution in [0.2, 0.25) is 0 Å². The van der Waals surface area contributed by atoms with Gasteiger partial charge in [0.1, 0.15) is 18.5 Å². The zero-order chi connectivity index (χ0) is 15.4. The number of hydrogen-bond donors (Lipinski definition) is 0. The molecule has 4 nitrogen and oxygen atoms in total. The lowest BCUT2D eigenvalue weighted by atomic mass is 10.1. The lowest BCUT2D eigenvalue weighted by Gasteiger charge is -2.35. The summed E-state index contributed by atoms with van der Waals surface area (Å²) in [4.78, 5) is 14.0. The minimum Gasteiger partial charge on any atom is -0.490 e. The van der Waals surface area contributed by atoms with Crippen molar-refractivity contribution in [3.8, 4) is 5.75 Å². The smallest absolute Gasteiger partial charge is 0.163 e. The van der Waals surface area contributed by atoms with Gasteiger partial charge in [0.05, 0.1) is 12.2 Å². The minimum atomic E-state index is 0.0263. The number of ether oxygens (including phenoxy) is 2. The molecule has 1 aromatic rings. The molecule has 0 aliphatic carbocycles. The highest BCUT2D eigenvalue weighted by Gasteiger charge is 2.23. The van der Waals surface area contributed by atoms with Crippen molar-refractivity contribution in [2.45, 2.75) is 39.8 Å². The van der Waals surface area contributed by atoms with Gasteiger partial charge in [-0.05, 0) is 45.4 Å². The van der Waals surface area contributed by atoms with Crippen LogP contribution in [0.1, 0.15) is 36.7 Å². The first-order valence-electron chi connectivity index (χ1n) is 7.57. The van der Waals surface area contributed by atoms with Crippen molar-refractivity contribution >= 4 is 5.78 Å². The Morgan fingerprint density at radius 3 is 2.90 bits per heavy atom. The monoisotopic (exact) mass is 291 g/mol. The Hall–Kier alpha value is -1.39. The fourth-order valence-electron chi connectivity index (χ4n) is 2.53. The van der Waals surface area contributed by atoms with Crippen LogP contribution in [0.5, 0.6) is 5.75 Å². The quantitative estimate of drug-likeness (QED) is 0.782. The van der Waals surface area contributed by atoms with Crippen LogP contribution in [0, 0.1) is 6.92 Å². The number of nitrogens with zero attached hydrogens (tertiary/aromatic N) is 1. The van der Waals surface area contributed by atoms with Crippen molar-refractivity contribution in [1.82, 2.24) is 4.90 Å². The molecule has 0 aromatic heterocycles. The zero-order valence-corrected chi connectivity index (χ0v) is 13.4. The SMILES string of the molecule is CC(=O)c1ccc(C)cc1OCC1CN(C(C)C)CCO1. The molecule has 1 heterocycles. The van der Waals surface area contributed by atoms with E-state index < -0.39 is 0 Å². The maximum absolute atomic E-state index is 11.7. The second-order valence-corrected chi connectivity index (χ2v) is 5.95. The maximum atomic E-state index is 11.7. The van der Waals surface area contributed by atoms with Gasteiger partial charge in [0.2, 0.25) is 0 Å². The van der Waals surface area contributed by atoms with E-state index in [1.807, 2.05) is 25.1 Å². The van der Waals surface area contributed by atoms with Gasteiger partial charge >= 0.3 is 0 Å². The van der Waals surface area contributed by atoms with Gasteiger partial charge in [-0.3, -0.25) is 9.69 Å². The van der Waals surface area contributed by atoms with E-state index in [1.54, 1.807) is 6.92 Å². The molecule has 0 bridgehead atoms. The Morgan fingerprint density at radius 1 is 1.48 bits per heavy atom. The molecular formula is C17H25NO3. The first-order valence-corrected chi connectivity index (χ1v) is 7.57. The molecule has 1 atom stereocenters. The highest BCUT2D eigenvalue weighted by molar-refractivity contribution is 5.96. The van der Waals surface area contributed by atoms with Gasteiger partial charge in [0.15, 0.2) is 5.78 Å². The average molecular weight is 291 g/mol. The topological polar surface area (TPSA) is 38.8 Å². The van der Waals surface area contributed by atoms with Crippen LogP contribution in [0.3, 0.4) is 0 Å². The number of carbonyl (C=O) groups is 1. The molecule has 1 unspecified atom stereocenters. The van der Waals surface area contributed by atoms with E-state index in [-0.39, 0.29) is 11.9 Å². The second kappa shape index (κ2) is 7.05. The molecule has 1 aliphatic rings. The third-order valence-electron chi connectivity index (χ3n) is 3.84. The minimum absolute atomic E-state index is 0.0263. The van der Waals surface area contributed by atoms with E-state index >= 15 is 0 Å². The summed E-state index contributed by atoms with van der Waals surface area (Å²) >= 11 is 0. The van der Waals surface area contributed by atoms with Crippen molar-refractivity contribution < 1.29 is 14.3 Å². The lowest BCUT2D eigenvalue weighted by molar-refractivity contribution is -0.0565. The Labute approximate surface area is 127 Å². The summed E-state index contributed by atoms with van der Waals surface area (Å²) in [7, 11) is 0. The van der Waals surface area contributed by atoms with Gasteiger partial charge in [-0.25, -0.2) is 0 Å². The van der Waals surface area contributed by atoms with E-state index in [2.05, 4.69) is 18.7 Å². The van der Waals surface area contributed by atoms with Crippen LogP contribution < -0.4 is 4.74 Å². The molecule has 1 aliphatic heterocycles. The number of carbonyl (C=O) groups excluding carboxylic acids is 1. The van der Waals surface area contributed by atoms with Gasteiger partial charge in [-0.15, -0.1) is 0 Å². The third-order valence-corrected chi connectivity index (χ3v) is 3.84. The fourth-order valence-corrected chi connectivity index (χ4v) is 2.53. The highest BCUT2D eigenvalue weighted by Crippen LogP contribution is 2.22. The molecule has 0 amide bonds. The summed E-state index contributed by atoms with van der Waals surface area (Å²) in [6, 6.07) is 6.19. The molecule has 1 fully saturated rings. The van der Waals surface area contributed by atoms with Gasteiger partial charge in [0, 0.05) is 19.1 Å². The van der Waals surface area contributed by atoms with Crippen LogP contribution in [0.25, 0.3) is 0 Å². The Morgan fingerprint density at radius 2 is 2.24 bits per heavy atom. The largest absolute Gasteiger partial charge is 0.490 e. The molecule has 1 saturated heterocycles. The standard InChI is InChI=1S/C17H25NO3/c1-12(2)18-7-8-20-15(10-18)11-21-17-9-13(3)5-6-16(17)14(4)19/h5-6,9,12,15H,7-8,10-11H2,1-4H3. The van der Waals surface area contributed by atoms with Gasteiger partial charge < -0.3 is 9.47 Å². The molecular weight excluding hydrogens is 266 g/mol. The average Bonchev–Trinajstić information content (AvgIpc) is 2.45. The third kappa shape index (κ3) is 4.29. The molecule has 21 heavy (non-hydrogen) atoms. The predicted molar refractivity (Wildman–Crippen MR) is 83.1 cm³/mol. The molecule has 0 saturated carbocycles. The van der Waals surface area contributed by atoms with Crippen molar-refractivity contribution in [3.05, 3.63) is 29.3 Å². The Bertz CT molecular complexity index is 499. The molecule has 2 rings (SSSR count). The fraction of sp³-hybridized carbons (Fsp3) is 0.588. The number of hydrogen-bond acceptors (Lipinski definition) is 4. The molecule has 0 radical (unpaired) electrons. The summed E-state index contributed by atoms with van der Waals surface area (Å²) < 4.78 is 11.6. The number of ketones is 1. The van der Waals surface area contributed by atoms with Crippen LogP contribution in [-0.2, 0) is 4.74 Å². The summed E-state index contributed by atoms with van der Waals surface area (Å²) in [5, 5.41) is 0. The number of aryl methyl sites for hydroxylation is 1. The van der Waals surface area contributed by atoms with Crippen molar-refractivity contribution in [1.29, 1.82) is 0 Å². The Balaban J connectivity index is 1.99. The van der Waals surface area contributed by atoms with E-state index in [4.69, 9.17) is 9.47 Å². The van der Waals surface area contributed by atoms with Crippen LogP contribution in [-0.4, -0.2) is 49.1 Å². The molecule has 1 aromatic carbocycles. The first kappa shape index (κ1) is 16.0. The van der Waals surface area contributed by atoms with Crippen LogP contribution >= 0.6 is 0 Å². The van der Waals surface area contributed by atoms with Gasteiger partial charge in [0.25, 0.3) is 0 Å². The summed E-state index contributed by atoms with van der Waals surface area (Å²) in [5.41, 5.74) is 1.72. The lowest BCUT2D eigenvalue weighted by Crippen LogP contribution is -2.47. The molecule has 116 valence electrons. The van der Waals surface area contributed by atoms with E-state index in [9.17, 15) is 4.79 Å². The van der Waals surface area contributed by atoms with Crippen molar-refractivity contribution in [2.24, 2.45) is 0 Å². The number of benzene rings is 1. The predicted octanol–water partition coefficient (Wildman–Crippen LogP) is 2.69. The first-order chi connectivity index (χ1) is 9.97. The number of morpholine rings is 1. The highest BCUT2D eigenvalue weighted by atomic mass is 16.5. The molecule has 0 spiro atoms. The second-order valence-electron chi connectivity index (χ2n) is 5.95. The van der Waals surface area contributed by atoms with Crippen LogP contribution in [0.15, 0.2) is 18.2 Å². The molecule has 4 heteroatoms. The maximum Gasteiger partial charge on any atom is 0.163 e. The van der Waals surface area contributed by atoms with Crippen molar-refractivity contribution in [3.63, 3.8) is 0 Å². The number of Topliss-reactive ketones (excluding diaryl/α,β-unsaturated/α-hetero) is 1. The normalized spacial score (nSPS) is 19.8. The van der Waals surface area contributed by atoms with Crippen molar-refractivity contribution in [2.75, 3.05) is 26.3 Å². The van der Waals surface area contributed by atoms with E-state index in [0.29, 0.717) is 24.0 Å². The molecule has 0 N–H and O–H groups in total. The summed E-state index contributed by atoms with van der Waals surface area (Å²) in [6.07, 6.45) is 0.0569. The summed E-state index contributed by atoms with van der Waals surface area (Å²) in [5.74, 6) is 0.686. The number of rotatable bonds is 5. The van der Waals surface area contributed by atoms with Gasteiger partial charge in [-0.1, -0.05) is 6.07 Å². The van der Waals surface area contributed by atoms with E-state index in [0.717, 1.165) is 25.3 Å². The van der Waals surface area contributed by atoms with Crippen LogP contribution in [0.4, 0.5) is 0 Å².